The van der Waals surface area contributed by atoms with E-state index in [0.717, 1.165) is 19.5 Å². The van der Waals surface area contributed by atoms with Crippen LogP contribution in [0.4, 0.5) is 0 Å². The van der Waals surface area contributed by atoms with E-state index in [0.29, 0.717) is 0 Å². The lowest BCUT2D eigenvalue weighted by Gasteiger charge is -2.44. The van der Waals surface area contributed by atoms with Crippen LogP contribution in [-0.2, 0) is 22.6 Å². The molecule has 0 saturated carbocycles. The molecule has 0 aliphatic carbocycles. The van der Waals surface area contributed by atoms with Gasteiger partial charge in [0.2, 0.25) is 0 Å². The average molecular weight is 370 g/mol. The van der Waals surface area contributed by atoms with Gasteiger partial charge in [-0.3, -0.25) is 4.90 Å². The molecule has 4 unspecified atom stereocenters. The van der Waals surface area contributed by atoms with Gasteiger partial charge in [0.15, 0.2) is 6.29 Å². The number of rotatable bonds is 7. The van der Waals surface area contributed by atoms with Crippen LogP contribution in [0.25, 0.3) is 0 Å². The minimum Gasteiger partial charge on any atom is -0.386 e. The van der Waals surface area contributed by atoms with Crippen molar-refractivity contribution >= 4 is 0 Å². The Morgan fingerprint density at radius 2 is 1.52 bits per heavy atom. The normalized spacial score (nSPS) is 25.9. The second-order valence-corrected chi connectivity index (χ2v) is 7.67. The summed E-state index contributed by atoms with van der Waals surface area (Å²) in [6.45, 7) is 7.54. The van der Waals surface area contributed by atoms with Crippen LogP contribution in [0.5, 0.6) is 0 Å². The van der Waals surface area contributed by atoms with E-state index in [9.17, 15) is 5.11 Å². The standard InChI is InChI=1S/C23H31NO3/c1-17(2)26-23-22(25)21(14-18(3)27-23)24(15-19-10-6-4-7-11-19)16-20-12-8-5-9-13-20/h4-13,17-18,21-23,25H,14-16H2,1-3H3. The summed E-state index contributed by atoms with van der Waals surface area (Å²) in [4.78, 5) is 2.35. The minimum absolute atomic E-state index is 0.00676. The lowest BCUT2D eigenvalue weighted by molar-refractivity contribution is -0.266. The molecule has 1 fully saturated rings. The van der Waals surface area contributed by atoms with Crippen molar-refractivity contribution in [1.82, 2.24) is 4.90 Å². The lowest BCUT2D eigenvalue weighted by Crippen LogP contribution is -2.56. The predicted molar refractivity (Wildman–Crippen MR) is 107 cm³/mol. The van der Waals surface area contributed by atoms with Gasteiger partial charge >= 0.3 is 0 Å². The quantitative estimate of drug-likeness (QED) is 0.802. The number of hydrogen-bond donors (Lipinski definition) is 1. The maximum atomic E-state index is 11.0. The molecule has 0 spiro atoms. The minimum atomic E-state index is -0.684. The van der Waals surface area contributed by atoms with Crippen LogP contribution in [0.3, 0.4) is 0 Å². The van der Waals surface area contributed by atoms with Gasteiger partial charge in [-0.15, -0.1) is 0 Å². The fraction of sp³-hybridized carbons (Fsp3) is 0.478. The molecule has 2 aromatic carbocycles. The third kappa shape index (κ3) is 5.63. The van der Waals surface area contributed by atoms with E-state index in [1.165, 1.54) is 11.1 Å². The van der Waals surface area contributed by atoms with Gasteiger partial charge < -0.3 is 14.6 Å². The van der Waals surface area contributed by atoms with Crippen LogP contribution in [-0.4, -0.2) is 40.7 Å². The zero-order valence-corrected chi connectivity index (χ0v) is 16.5. The molecule has 1 aliphatic heterocycles. The van der Waals surface area contributed by atoms with Crippen molar-refractivity contribution in [3.63, 3.8) is 0 Å². The number of aliphatic hydroxyl groups is 1. The molecule has 146 valence electrons. The number of aliphatic hydroxyl groups excluding tert-OH is 1. The van der Waals surface area contributed by atoms with Crippen molar-refractivity contribution < 1.29 is 14.6 Å². The summed E-state index contributed by atoms with van der Waals surface area (Å²) in [6, 6.07) is 20.8. The molecule has 2 aromatic rings. The van der Waals surface area contributed by atoms with Crippen molar-refractivity contribution in [1.29, 1.82) is 0 Å². The molecule has 27 heavy (non-hydrogen) atoms. The van der Waals surface area contributed by atoms with Crippen LogP contribution in [0.2, 0.25) is 0 Å². The molecule has 0 amide bonds. The first-order valence-electron chi connectivity index (χ1n) is 9.84. The van der Waals surface area contributed by atoms with Gasteiger partial charge in [0, 0.05) is 19.1 Å². The Morgan fingerprint density at radius 3 is 2.00 bits per heavy atom. The van der Waals surface area contributed by atoms with Crippen LogP contribution >= 0.6 is 0 Å². The highest BCUT2D eigenvalue weighted by atomic mass is 16.7. The van der Waals surface area contributed by atoms with Crippen molar-refractivity contribution in [2.75, 3.05) is 0 Å². The molecule has 4 atom stereocenters. The lowest BCUT2D eigenvalue weighted by atomic mass is 9.97. The Bertz CT molecular complexity index is 633. The molecular weight excluding hydrogens is 338 g/mol. The van der Waals surface area contributed by atoms with E-state index in [1.54, 1.807) is 0 Å². The van der Waals surface area contributed by atoms with E-state index in [2.05, 4.69) is 60.4 Å². The average Bonchev–Trinajstić information content (AvgIpc) is 2.65. The first kappa shape index (κ1) is 20.0. The van der Waals surface area contributed by atoms with Gasteiger partial charge in [-0.05, 0) is 38.3 Å². The number of ether oxygens (including phenoxy) is 2. The number of benzene rings is 2. The summed E-state index contributed by atoms with van der Waals surface area (Å²) in [6.07, 6.45) is -0.453. The molecule has 4 heteroatoms. The summed E-state index contributed by atoms with van der Waals surface area (Å²) in [7, 11) is 0. The van der Waals surface area contributed by atoms with Gasteiger partial charge in [-0.1, -0.05) is 60.7 Å². The van der Waals surface area contributed by atoms with Crippen molar-refractivity contribution in [3.05, 3.63) is 71.8 Å². The van der Waals surface area contributed by atoms with E-state index in [1.807, 2.05) is 26.0 Å². The first-order chi connectivity index (χ1) is 13.0. The van der Waals surface area contributed by atoms with Crippen LogP contribution in [0.15, 0.2) is 60.7 Å². The molecule has 1 N–H and O–H groups in total. The Hall–Kier alpha value is -1.72. The molecule has 0 aromatic heterocycles. The highest BCUT2D eigenvalue weighted by Crippen LogP contribution is 2.28. The number of nitrogens with zero attached hydrogens (tertiary/aromatic N) is 1. The fourth-order valence-electron chi connectivity index (χ4n) is 3.70. The largest absolute Gasteiger partial charge is 0.386 e. The maximum absolute atomic E-state index is 11.0. The monoisotopic (exact) mass is 369 g/mol. The molecule has 0 radical (unpaired) electrons. The van der Waals surface area contributed by atoms with Gasteiger partial charge in [-0.25, -0.2) is 0 Å². The molecule has 1 heterocycles. The predicted octanol–water partition coefficient (Wildman–Crippen LogP) is 3.98. The van der Waals surface area contributed by atoms with E-state index in [-0.39, 0.29) is 18.2 Å². The fourth-order valence-corrected chi connectivity index (χ4v) is 3.70. The summed E-state index contributed by atoms with van der Waals surface area (Å²) < 4.78 is 11.7. The van der Waals surface area contributed by atoms with E-state index < -0.39 is 12.4 Å². The maximum Gasteiger partial charge on any atom is 0.185 e. The highest BCUT2D eigenvalue weighted by Gasteiger charge is 2.40. The van der Waals surface area contributed by atoms with E-state index >= 15 is 0 Å². The Kier molecular flexibility index (Phi) is 7.02. The van der Waals surface area contributed by atoms with Crippen LogP contribution < -0.4 is 0 Å². The summed E-state index contributed by atoms with van der Waals surface area (Å²) in [5, 5.41) is 11.0. The Labute approximate surface area is 162 Å². The molecule has 0 bridgehead atoms. The Morgan fingerprint density at radius 1 is 1.00 bits per heavy atom. The second-order valence-electron chi connectivity index (χ2n) is 7.67. The molecule has 1 aliphatic rings. The summed E-state index contributed by atoms with van der Waals surface area (Å²) in [5.41, 5.74) is 2.47. The van der Waals surface area contributed by atoms with Crippen molar-refractivity contribution in [2.45, 2.75) is 70.9 Å². The third-order valence-electron chi connectivity index (χ3n) is 4.95. The molecule has 3 rings (SSSR count). The van der Waals surface area contributed by atoms with Crippen molar-refractivity contribution in [3.8, 4) is 0 Å². The molecular formula is C23H31NO3. The van der Waals surface area contributed by atoms with Gasteiger partial charge in [-0.2, -0.15) is 0 Å². The zero-order chi connectivity index (χ0) is 19.2. The van der Waals surface area contributed by atoms with Gasteiger partial charge in [0.25, 0.3) is 0 Å². The van der Waals surface area contributed by atoms with Crippen molar-refractivity contribution in [2.24, 2.45) is 0 Å². The second kappa shape index (κ2) is 9.47. The highest BCUT2D eigenvalue weighted by molar-refractivity contribution is 5.17. The summed E-state index contributed by atoms with van der Waals surface area (Å²) in [5.74, 6) is 0. The van der Waals surface area contributed by atoms with Gasteiger partial charge in [0.1, 0.15) is 6.10 Å². The van der Waals surface area contributed by atoms with Crippen LogP contribution in [0.1, 0.15) is 38.3 Å². The summed E-state index contributed by atoms with van der Waals surface area (Å²) >= 11 is 0. The number of hydrogen-bond acceptors (Lipinski definition) is 4. The molecule has 1 saturated heterocycles. The molecule has 4 nitrogen and oxygen atoms in total. The third-order valence-corrected chi connectivity index (χ3v) is 4.95. The first-order valence-corrected chi connectivity index (χ1v) is 9.84. The SMILES string of the molecule is CC(C)OC1OC(C)CC(N(Cc2ccccc2)Cc2ccccc2)C1O. The van der Waals surface area contributed by atoms with Crippen LogP contribution in [0, 0.1) is 0 Å². The Balaban J connectivity index is 1.83. The smallest absolute Gasteiger partial charge is 0.185 e. The topological polar surface area (TPSA) is 41.9 Å². The van der Waals surface area contributed by atoms with Gasteiger partial charge in [0.05, 0.1) is 12.2 Å². The zero-order valence-electron chi connectivity index (χ0n) is 16.5. The van der Waals surface area contributed by atoms with E-state index in [4.69, 9.17) is 9.47 Å².